The van der Waals surface area contributed by atoms with Crippen molar-refractivity contribution in [2.24, 2.45) is 0 Å². The van der Waals surface area contributed by atoms with Gasteiger partial charge in [0.25, 0.3) is 0 Å². The molecule has 0 fully saturated rings. The van der Waals surface area contributed by atoms with Crippen LogP contribution in [0.3, 0.4) is 0 Å². The monoisotopic (exact) mass is 546 g/mol. The number of halogens is 6. The smallest absolute Gasteiger partial charge is 0.257 e. The van der Waals surface area contributed by atoms with Crippen LogP contribution >= 0.6 is 0 Å². The molecule has 0 saturated carbocycles. The third kappa shape index (κ3) is 2.75. The summed E-state index contributed by atoms with van der Waals surface area (Å²) >= 11 is 0. The number of aromatic nitrogens is 2. The molecule has 1 radical (unpaired) electrons. The maximum atomic E-state index is 13.5. The topological polar surface area (TPSA) is 17.3 Å². The molecule has 2 heterocycles. The summed E-state index contributed by atoms with van der Waals surface area (Å²) in [5.74, 6) is 0. The van der Waals surface area contributed by atoms with E-state index in [4.69, 9.17) is 0 Å². The van der Waals surface area contributed by atoms with E-state index in [-0.39, 0.29) is 42.5 Å². The molecule has 0 unspecified atom stereocenters. The number of rotatable bonds is 0. The molecule has 0 aliphatic heterocycles. The van der Waals surface area contributed by atoms with Crippen molar-refractivity contribution in [3.63, 3.8) is 0 Å². The zero-order valence-corrected chi connectivity index (χ0v) is 14.9. The number of hydrogen-bond donors (Lipinski definition) is 0. The van der Waals surface area contributed by atoms with E-state index in [1.807, 2.05) is 0 Å². The van der Waals surface area contributed by atoms with Crippen LogP contribution in [0.5, 0.6) is 0 Å². The van der Waals surface area contributed by atoms with Gasteiger partial charge in [0.15, 0.2) is 0 Å². The van der Waals surface area contributed by atoms with Gasteiger partial charge in [-0.05, 0) is 22.5 Å². The van der Waals surface area contributed by atoms with Crippen LogP contribution in [0.15, 0.2) is 42.6 Å². The quantitative estimate of drug-likeness (QED) is 0.163. The Morgan fingerprint density at radius 1 is 0.885 bits per heavy atom. The maximum Gasteiger partial charge on any atom is 0.395 e. The van der Waals surface area contributed by atoms with Gasteiger partial charge in [0.05, 0.1) is 5.52 Å². The molecule has 0 amide bonds. The fourth-order valence-corrected chi connectivity index (χ4v) is 2.99. The van der Waals surface area contributed by atoms with Crippen molar-refractivity contribution in [1.82, 2.24) is 9.61 Å². The van der Waals surface area contributed by atoms with Crippen LogP contribution in [0.2, 0.25) is 0 Å². The maximum absolute atomic E-state index is 13.5. The summed E-state index contributed by atoms with van der Waals surface area (Å²) in [5, 5.41) is 4.20. The average molecular weight is 545 g/mol. The molecular weight excluding hydrogens is 538 g/mol. The van der Waals surface area contributed by atoms with Gasteiger partial charge in [-0.1, -0.05) is 40.6 Å². The summed E-state index contributed by atoms with van der Waals surface area (Å²) in [4.78, 5) is 0. The van der Waals surface area contributed by atoms with Crippen molar-refractivity contribution < 1.29 is 46.4 Å². The summed E-state index contributed by atoms with van der Waals surface area (Å²) in [6, 6.07) is 9.93. The van der Waals surface area contributed by atoms with E-state index in [1.165, 1.54) is 24.4 Å². The molecule has 9 heteroatoms. The number of hydrogen-bond acceptors (Lipinski definition) is 1. The fourth-order valence-electron chi connectivity index (χ4n) is 2.99. The number of benzene rings is 2. The molecule has 0 N–H and O–H groups in total. The molecule has 26 heavy (non-hydrogen) atoms. The molecule has 137 valence electrons. The zero-order valence-electron chi connectivity index (χ0n) is 12.5. The summed E-state index contributed by atoms with van der Waals surface area (Å²) < 4.78 is 80.9. The minimum Gasteiger partial charge on any atom is -0.257 e. The Kier molecular flexibility index (Phi) is 4.28. The van der Waals surface area contributed by atoms with Crippen molar-refractivity contribution in [3.05, 3.63) is 59.8 Å². The third-order valence-corrected chi connectivity index (χ3v) is 3.99. The summed E-state index contributed by atoms with van der Waals surface area (Å²) in [6.07, 6.45) is -8.60. The number of fused-ring (bicyclic) bond motifs is 6. The van der Waals surface area contributed by atoms with Crippen LogP contribution in [0.25, 0.3) is 27.2 Å². The molecule has 0 atom stereocenters. The van der Waals surface area contributed by atoms with E-state index < -0.39 is 23.5 Å². The first-order valence-corrected chi connectivity index (χ1v) is 7.07. The van der Waals surface area contributed by atoms with Gasteiger partial charge in [-0.15, -0.1) is 12.1 Å². The Hall–Kier alpha value is -2.12. The predicted octanol–water partition coefficient (Wildman–Crippen LogP) is 5.48. The minimum atomic E-state index is -4.96. The molecule has 2 aromatic carbocycles. The van der Waals surface area contributed by atoms with Crippen molar-refractivity contribution in [2.75, 3.05) is 0 Å². The molecule has 0 bridgehead atoms. The van der Waals surface area contributed by atoms with Gasteiger partial charge in [-0.25, -0.2) is 0 Å². The summed E-state index contributed by atoms with van der Waals surface area (Å²) in [7, 11) is 0. The summed E-state index contributed by atoms with van der Waals surface area (Å²) in [5.41, 5.74) is -2.80. The van der Waals surface area contributed by atoms with Gasteiger partial charge in [-0.3, -0.25) is 4.52 Å². The number of alkyl halides is 6. The minimum absolute atomic E-state index is 0. The van der Waals surface area contributed by atoms with E-state index in [2.05, 4.69) is 11.2 Å². The van der Waals surface area contributed by atoms with E-state index in [1.54, 1.807) is 12.1 Å². The van der Waals surface area contributed by atoms with Crippen molar-refractivity contribution >= 4 is 27.2 Å². The van der Waals surface area contributed by atoms with Crippen LogP contribution in [-0.4, -0.2) is 9.61 Å². The third-order valence-electron chi connectivity index (χ3n) is 3.99. The molecule has 4 aromatic rings. The first kappa shape index (κ1) is 18.7. The second-order valence-corrected chi connectivity index (χ2v) is 5.49. The molecule has 0 spiro atoms. The number of pyridine rings is 1. The standard InChI is InChI=1S/C17H7F6N2.Ir/c18-16(19,20)9-7-12(17(21,22)23)15-11-4-2-1-3-10(11)13-5-6-24-25(13)14(15)8-9;/h1-7H;/q-1;. The second kappa shape index (κ2) is 5.96. The van der Waals surface area contributed by atoms with Crippen LogP contribution in [0.4, 0.5) is 26.3 Å². The zero-order chi connectivity index (χ0) is 18.0. The Labute approximate surface area is 155 Å². The molecular formula is C17H7F6IrN2-. The number of nitrogens with zero attached hydrogens (tertiary/aromatic N) is 2. The van der Waals surface area contributed by atoms with Gasteiger partial charge in [0.1, 0.15) is 0 Å². The van der Waals surface area contributed by atoms with Gasteiger partial charge in [0, 0.05) is 26.3 Å². The van der Waals surface area contributed by atoms with E-state index in [0.717, 1.165) is 4.52 Å². The molecule has 0 saturated heterocycles. The Morgan fingerprint density at radius 2 is 1.54 bits per heavy atom. The van der Waals surface area contributed by atoms with E-state index in [9.17, 15) is 26.3 Å². The van der Waals surface area contributed by atoms with Crippen LogP contribution in [0.1, 0.15) is 11.1 Å². The molecule has 4 rings (SSSR count). The summed E-state index contributed by atoms with van der Waals surface area (Å²) in [6.45, 7) is 0. The second-order valence-electron chi connectivity index (χ2n) is 5.49. The van der Waals surface area contributed by atoms with Crippen LogP contribution in [-0.2, 0) is 32.5 Å². The first-order chi connectivity index (χ1) is 11.7. The average Bonchev–Trinajstić information content (AvgIpc) is 3.02. The molecule has 2 aromatic heterocycles. The Bertz CT molecular complexity index is 1130. The van der Waals surface area contributed by atoms with Gasteiger partial charge in [-0.2, -0.15) is 31.4 Å². The van der Waals surface area contributed by atoms with Crippen molar-refractivity contribution in [3.8, 4) is 0 Å². The Balaban J connectivity index is 0.00000196. The van der Waals surface area contributed by atoms with Crippen LogP contribution < -0.4 is 0 Å². The van der Waals surface area contributed by atoms with Crippen LogP contribution in [0, 0.1) is 6.07 Å². The van der Waals surface area contributed by atoms with Crippen molar-refractivity contribution in [1.29, 1.82) is 0 Å². The molecule has 0 aliphatic carbocycles. The Morgan fingerprint density at radius 3 is 2.15 bits per heavy atom. The first-order valence-electron chi connectivity index (χ1n) is 7.07. The normalized spacial score (nSPS) is 12.7. The van der Waals surface area contributed by atoms with E-state index >= 15 is 0 Å². The van der Waals surface area contributed by atoms with Gasteiger partial charge in [0.2, 0.25) is 0 Å². The predicted molar refractivity (Wildman–Crippen MR) is 79.0 cm³/mol. The van der Waals surface area contributed by atoms with Gasteiger partial charge >= 0.3 is 12.4 Å². The molecule has 2 nitrogen and oxygen atoms in total. The van der Waals surface area contributed by atoms with Crippen molar-refractivity contribution in [2.45, 2.75) is 12.4 Å². The fraction of sp³-hybridized carbons (Fsp3) is 0.118. The SMILES string of the molecule is FC(F)(F)c1[c-]c2c(c(C(F)(F)F)c1)c1ccccc1c1ccnn21.[Ir]. The largest absolute Gasteiger partial charge is 0.395 e. The van der Waals surface area contributed by atoms with Gasteiger partial charge < -0.3 is 0 Å². The van der Waals surface area contributed by atoms with E-state index in [0.29, 0.717) is 10.9 Å². The molecule has 0 aliphatic rings.